The average Bonchev–Trinajstić information content (AvgIpc) is 3.02. The summed E-state index contributed by atoms with van der Waals surface area (Å²) in [6.45, 7) is 0. The number of alkyl halides is 1. The fraction of sp³-hybridized carbons (Fsp3) is 0.250. The lowest BCUT2D eigenvalue weighted by molar-refractivity contribution is -0.126. The maximum atomic E-state index is 13.5. The number of ketones is 1. The molecule has 1 amide bonds. The molecule has 0 bridgehead atoms. The second-order valence-corrected chi connectivity index (χ2v) is 10.0. The number of ether oxygens (including phenoxy) is 1. The standard InChI is InChI=1S/C24H18BrCl2NO3/c25-14-8-9-21-17(11-14)23(29)13(12-31-21)10-16-15-4-1-2-7-20(15)28(24(16)30)22-18(26)5-3-6-19(22)27/h1-7,10,12,14,17,21H,8-9,11H2/b16-10+. The Bertz CT molecular complexity index is 1140. The van der Waals surface area contributed by atoms with Crippen molar-refractivity contribution in [3.05, 3.63) is 76.0 Å². The molecule has 31 heavy (non-hydrogen) atoms. The number of hydrogen-bond donors (Lipinski definition) is 0. The topological polar surface area (TPSA) is 46.6 Å². The number of halogens is 3. The molecule has 0 aromatic heterocycles. The van der Waals surface area contributed by atoms with Gasteiger partial charge in [-0.05, 0) is 43.5 Å². The molecule has 2 aliphatic heterocycles. The van der Waals surface area contributed by atoms with E-state index in [1.165, 1.54) is 11.2 Å². The molecule has 1 aliphatic carbocycles. The van der Waals surface area contributed by atoms with Gasteiger partial charge in [-0.25, -0.2) is 0 Å². The van der Waals surface area contributed by atoms with Gasteiger partial charge < -0.3 is 4.74 Å². The van der Waals surface area contributed by atoms with Crippen LogP contribution in [-0.2, 0) is 14.3 Å². The third-order valence-electron chi connectivity index (χ3n) is 6.04. The number of benzene rings is 2. The van der Waals surface area contributed by atoms with Crippen LogP contribution in [0.2, 0.25) is 10.0 Å². The van der Waals surface area contributed by atoms with Crippen LogP contribution in [0.15, 0.2) is 60.4 Å². The molecule has 5 rings (SSSR count). The summed E-state index contributed by atoms with van der Waals surface area (Å²) in [6, 6.07) is 12.5. The van der Waals surface area contributed by atoms with E-state index in [4.69, 9.17) is 27.9 Å². The van der Waals surface area contributed by atoms with Crippen molar-refractivity contribution in [2.75, 3.05) is 4.90 Å². The highest BCUT2D eigenvalue weighted by molar-refractivity contribution is 9.09. The van der Waals surface area contributed by atoms with E-state index in [1.807, 2.05) is 24.3 Å². The van der Waals surface area contributed by atoms with Crippen LogP contribution in [0.5, 0.6) is 0 Å². The van der Waals surface area contributed by atoms with Crippen molar-refractivity contribution in [2.45, 2.75) is 30.2 Å². The van der Waals surface area contributed by atoms with Crippen molar-refractivity contribution < 1.29 is 14.3 Å². The molecular weight excluding hydrogens is 501 g/mol. The van der Waals surface area contributed by atoms with E-state index < -0.39 is 0 Å². The highest BCUT2D eigenvalue weighted by Crippen LogP contribution is 2.47. The van der Waals surface area contributed by atoms with Gasteiger partial charge in [0.2, 0.25) is 0 Å². The van der Waals surface area contributed by atoms with E-state index in [0.717, 1.165) is 24.8 Å². The molecule has 4 nitrogen and oxygen atoms in total. The van der Waals surface area contributed by atoms with Gasteiger partial charge in [-0.15, -0.1) is 0 Å². The second-order valence-electron chi connectivity index (χ2n) is 7.91. The van der Waals surface area contributed by atoms with Gasteiger partial charge in [-0.2, -0.15) is 0 Å². The Morgan fingerprint density at radius 1 is 1.03 bits per heavy atom. The normalized spacial score (nSPS) is 26.4. The fourth-order valence-corrected chi connectivity index (χ4v) is 5.76. The van der Waals surface area contributed by atoms with E-state index in [9.17, 15) is 9.59 Å². The Balaban J connectivity index is 1.58. The van der Waals surface area contributed by atoms with Crippen molar-refractivity contribution in [2.24, 2.45) is 5.92 Å². The Kier molecular flexibility index (Phi) is 5.45. The lowest BCUT2D eigenvalue weighted by Crippen LogP contribution is -2.39. The van der Waals surface area contributed by atoms with Gasteiger partial charge in [-0.3, -0.25) is 14.5 Å². The summed E-state index contributed by atoms with van der Waals surface area (Å²) in [5.41, 5.74) is 2.66. The Morgan fingerprint density at radius 3 is 2.55 bits per heavy atom. The molecule has 1 saturated carbocycles. The molecule has 3 atom stereocenters. The summed E-state index contributed by atoms with van der Waals surface area (Å²) >= 11 is 16.4. The number of amides is 1. The third kappa shape index (κ3) is 3.53. The van der Waals surface area contributed by atoms with Crippen LogP contribution in [-0.4, -0.2) is 22.6 Å². The summed E-state index contributed by atoms with van der Waals surface area (Å²) < 4.78 is 5.88. The van der Waals surface area contributed by atoms with Crippen LogP contribution in [0.4, 0.5) is 11.4 Å². The number of rotatable bonds is 2. The zero-order valence-corrected chi connectivity index (χ0v) is 19.5. The molecule has 3 aliphatic rings. The molecular formula is C24H18BrCl2NO3. The van der Waals surface area contributed by atoms with Crippen molar-refractivity contribution >= 4 is 67.8 Å². The number of anilines is 2. The van der Waals surface area contributed by atoms with Gasteiger partial charge in [0.15, 0.2) is 5.78 Å². The predicted molar refractivity (Wildman–Crippen MR) is 126 cm³/mol. The number of Topliss-reactive ketones (excluding diaryl/α,β-unsaturated/α-hetero) is 1. The molecule has 2 aromatic carbocycles. The second kappa shape index (κ2) is 8.12. The number of carbonyl (C=O) groups excluding carboxylic acids is 2. The number of hydrogen-bond acceptors (Lipinski definition) is 3. The van der Waals surface area contributed by atoms with Crippen LogP contribution in [0.25, 0.3) is 5.57 Å². The van der Waals surface area contributed by atoms with Gasteiger partial charge in [0.1, 0.15) is 6.10 Å². The van der Waals surface area contributed by atoms with Gasteiger partial charge >= 0.3 is 0 Å². The maximum Gasteiger partial charge on any atom is 0.263 e. The Labute approximate surface area is 198 Å². The van der Waals surface area contributed by atoms with Gasteiger partial charge in [0.05, 0.1) is 44.7 Å². The molecule has 2 heterocycles. The highest BCUT2D eigenvalue weighted by Gasteiger charge is 2.41. The molecule has 0 N–H and O–H groups in total. The lowest BCUT2D eigenvalue weighted by atomic mass is 9.80. The fourth-order valence-electron chi connectivity index (χ4n) is 4.53. The monoisotopic (exact) mass is 517 g/mol. The minimum Gasteiger partial charge on any atom is -0.497 e. The quantitative estimate of drug-likeness (QED) is 0.338. The van der Waals surface area contributed by atoms with Crippen LogP contribution in [0.3, 0.4) is 0 Å². The largest absolute Gasteiger partial charge is 0.497 e. The van der Waals surface area contributed by atoms with Crippen LogP contribution < -0.4 is 4.90 Å². The predicted octanol–water partition coefficient (Wildman–Crippen LogP) is 6.47. The SMILES string of the molecule is O=C1C(/C=C2/C(=O)N(c3c(Cl)cccc3Cl)c3ccccc32)=COC2CCC(Br)CC12. The molecule has 0 spiro atoms. The first-order valence-corrected chi connectivity index (χ1v) is 11.8. The van der Waals surface area contributed by atoms with Crippen molar-refractivity contribution in [3.63, 3.8) is 0 Å². The number of nitrogens with zero attached hydrogens (tertiary/aromatic N) is 1. The summed E-state index contributed by atoms with van der Waals surface area (Å²) in [6.07, 6.45) is 5.61. The first kappa shape index (κ1) is 20.8. The van der Waals surface area contributed by atoms with Gasteiger partial charge in [0.25, 0.3) is 5.91 Å². The summed E-state index contributed by atoms with van der Waals surface area (Å²) in [5, 5.41) is 0.753. The van der Waals surface area contributed by atoms with E-state index in [2.05, 4.69) is 15.9 Å². The van der Waals surface area contributed by atoms with E-state index in [1.54, 1.807) is 24.3 Å². The zero-order valence-electron chi connectivity index (χ0n) is 16.4. The molecule has 3 unspecified atom stereocenters. The first-order chi connectivity index (χ1) is 15.0. The third-order valence-corrected chi connectivity index (χ3v) is 7.49. The Hall–Kier alpha value is -2.08. The van der Waals surface area contributed by atoms with E-state index in [0.29, 0.717) is 37.4 Å². The number of allylic oxidation sites excluding steroid dienone is 2. The average molecular weight is 519 g/mol. The number of fused-ring (bicyclic) bond motifs is 2. The molecule has 7 heteroatoms. The summed E-state index contributed by atoms with van der Waals surface area (Å²) in [7, 11) is 0. The smallest absolute Gasteiger partial charge is 0.263 e. The van der Waals surface area contributed by atoms with Crippen LogP contribution in [0.1, 0.15) is 24.8 Å². The highest BCUT2D eigenvalue weighted by atomic mass is 79.9. The van der Waals surface area contributed by atoms with Gasteiger partial charge in [0, 0.05) is 10.4 Å². The minimum absolute atomic E-state index is 0.0207. The first-order valence-electron chi connectivity index (χ1n) is 10.1. The van der Waals surface area contributed by atoms with E-state index >= 15 is 0 Å². The number of carbonyl (C=O) groups is 2. The molecule has 1 fully saturated rings. The Morgan fingerprint density at radius 2 is 1.77 bits per heavy atom. The molecule has 0 radical (unpaired) electrons. The maximum absolute atomic E-state index is 13.5. The van der Waals surface area contributed by atoms with Gasteiger partial charge in [-0.1, -0.05) is 63.4 Å². The molecule has 158 valence electrons. The molecule has 0 saturated heterocycles. The van der Waals surface area contributed by atoms with Crippen molar-refractivity contribution in [1.29, 1.82) is 0 Å². The van der Waals surface area contributed by atoms with Crippen molar-refractivity contribution in [1.82, 2.24) is 0 Å². The molecule has 2 aromatic rings. The number of para-hydroxylation sites is 2. The summed E-state index contributed by atoms with van der Waals surface area (Å²) in [4.78, 5) is 28.5. The minimum atomic E-state index is -0.283. The van der Waals surface area contributed by atoms with Crippen molar-refractivity contribution in [3.8, 4) is 0 Å². The lowest BCUT2D eigenvalue weighted by Gasteiger charge is -2.35. The van der Waals surface area contributed by atoms with Crippen LogP contribution in [0, 0.1) is 5.92 Å². The summed E-state index contributed by atoms with van der Waals surface area (Å²) in [5.74, 6) is -0.461. The zero-order chi connectivity index (χ0) is 21.7. The van der Waals surface area contributed by atoms with Crippen LogP contribution >= 0.6 is 39.1 Å². The van der Waals surface area contributed by atoms with E-state index in [-0.39, 0.29) is 23.7 Å².